The van der Waals surface area contributed by atoms with Gasteiger partial charge in [0.2, 0.25) is 0 Å². The van der Waals surface area contributed by atoms with Crippen LogP contribution in [0.25, 0.3) is 0 Å². The molecule has 3 nitrogen and oxygen atoms in total. The second-order valence-corrected chi connectivity index (χ2v) is 5.26. The maximum atomic E-state index is 9.06. The highest BCUT2D eigenvalue weighted by atomic mass is 79.9. The normalized spacial score (nSPS) is 24.1. The summed E-state index contributed by atoms with van der Waals surface area (Å²) in [6.45, 7) is 2.87. The van der Waals surface area contributed by atoms with Crippen LogP contribution in [0.4, 0.5) is 5.69 Å². The van der Waals surface area contributed by atoms with Crippen LogP contribution >= 0.6 is 15.9 Å². The number of nitrogens with zero attached hydrogens (tertiary/aromatic N) is 1. The molecule has 0 aliphatic carbocycles. The highest BCUT2D eigenvalue weighted by Crippen LogP contribution is 2.24. The molecule has 0 bridgehead atoms. The molecule has 1 N–H and O–H groups in total. The van der Waals surface area contributed by atoms with Crippen LogP contribution in [-0.4, -0.2) is 18.8 Å². The van der Waals surface area contributed by atoms with E-state index in [1.165, 1.54) is 0 Å². The smallest absolute Gasteiger partial charge is 0.101 e. The summed E-state index contributed by atoms with van der Waals surface area (Å²) >= 11 is 3.43. The Morgan fingerprint density at radius 3 is 3.06 bits per heavy atom. The Hall–Kier alpha value is -1.05. The van der Waals surface area contributed by atoms with E-state index < -0.39 is 0 Å². The first-order chi connectivity index (χ1) is 8.19. The van der Waals surface area contributed by atoms with Gasteiger partial charge < -0.3 is 10.1 Å². The molecular weight excluding hydrogens is 280 g/mol. The first-order valence-electron chi connectivity index (χ1n) is 5.77. The summed E-state index contributed by atoms with van der Waals surface area (Å²) in [7, 11) is 0. The third-order valence-corrected chi connectivity index (χ3v) is 3.44. The number of rotatable bonds is 2. The largest absolute Gasteiger partial charge is 0.381 e. The lowest BCUT2D eigenvalue weighted by molar-refractivity contribution is 0.0232. The number of benzene rings is 1. The highest BCUT2D eigenvalue weighted by Gasteiger charge is 2.19. The molecule has 0 aromatic heterocycles. The Morgan fingerprint density at radius 2 is 2.35 bits per heavy atom. The fraction of sp³-hybridized carbons (Fsp3) is 0.462. The van der Waals surface area contributed by atoms with Gasteiger partial charge in [-0.3, -0.25) is 0 Å². The zero-order valence-electron chi connectivity index (χ0n) is 9.74. The first-order valence-corrected chi connectivity index (χ1v) is 6.56. The van der Waals surface area contributed by atoms with Gasteiger partial charge in [-0.2, -0.15) is 5.26 Å². The predicted molar refractivity (Wildman–Crippen MR) is 70.9 cm³/mol. The molecule has 1 fully saturated rings. The van der Waals surface area contributed by atoms with E-state index >= 15 is 0 Å². The van der Waals surface area contributed by atoms with Crippen molar-refractivity contribution in [2.75, 3.05) is 11.9 Å². The van der Waals surface area contributed by atoms with Crippen molar-refractivity contribution in [3.05, 3.63) is 28.2 Å². The molecular formula is C13H15BrN2O. The van der Waals surface area contributed by atoms with Crippen molar-refractivity contribution in [3.8, 4) is 6.07 Å². The number of ether oxygens (including phenoxy) is 1. The van der Waals surface area contributed by atoms with Gasteiger partial charge in [0, 0.05) is 17.1 Å². The standard InChI is InChI=1S/C13H15BrN2O/c1-9-6-12(4-5-17-9)16-13-7-11(14)3-2-10(13)8-15/h2-3,7,9,12,16H,4-6H2,1H3. The van der Waals surface area contributed by atoms with E-state index in [0.29, 0.717) is 17.7 Å². The van der Waals surface area contributed by atoms with Crippen LogP contribution in [0.2, 0.25) is 0 Å². The van der Waals surface area contributed by atoms with E-state index in [0.717, 1.165) is 29.6 Å². The molecule has 0 spiro atoms. The molecule has 2 rings (SSSR count). The molecule has 1 aliphatic rings. The van der Waals surface area contributed by atoms with E-state index in [1.54, 1.807) is 0 Å². The Labute approximate surface area is 110 Å². The number of nitriles is 1. The average molecular weight is 295 g/mol. The van der Waals surface area contributed by atoms with E-state index in [1.807, 2.05) is 18.2 Å². The molecule has 2 unspecified atom stereocenters. The molecule has 0 amide bonds. The van der Waals surface area contributed by atoms with Crippen molar-refractivity contribution in [2.45, 2.75) is 31.9 Å². The quantitative estimate of drug-likeness (QED) is 0.910. The van der Waals surface area contributed by atoms with Crippen LogP contribution in [0, 0.1) is 11.3 Å². The minimum absolute atomic E-state index is 0.291. The van der Waals surface area contributed by atoms with Gasteiger partial charge in [-0.05, 0) is 38.0 Å². The van der Waals surface area contributed by atoms with Crippen LogP contribution in [0.3, 0.4) is 0 Å². The third kappa shape index (κ3) is 3.21. The van der Waals surface area contributed by atoms with E-state index in [-0.39, 0.29) is 0 Å². The first kappa shape index (κ1) is 12.4. The minimum atomic E-state index is 0.291. The molecule has 1 aromatic rings. The van der Waals surface area contributed by atoms with Crippen LogP contribution in [-0.2, 0) is 4.74 Å². The van der Waals surface area contributed by atoms with Gasteiger partial charge in [-0.15, -0.1) is 0 Å². The Bertz CT molecular complexity index is 442. The molecule has 90 valence electrons. The van der Waals surface area contributed by atoms with Crippen molar-refractivity contribution in [3.63, 3.8) is 0 Å². The molecule has 2 atom stereocenters. The molecule has 0 saturated carbocycles. The summed E-state index contributed by atoms with van der Waals surface area (Å²) < 4.78 is 6.50. The van der Waals surface area contributed by atoms with Crippen molar-refractivity contribution < 1.29 is 4.74 Å². The summed E-state index contributed by atoms with van der Waals surface area (Å²) in [6, 6.07) is 8.27. The number of nitrogens with one attached hydrogen (secondary N) is 1. The van der Waals surface area contributed by atoms with Gasteiger partial charge in [0.05, 0.1) is 17.4 Å². The fourth-order valence-corrected chi connectivity index (χ4v) is 2.44. The maximum Gasteiger partial charge on any atom is 0.101 e. The van der Waals surface area contributed by atoms with Gasteiger partial charge in [-0.1, -0.05) is 15.9 Å². The van der Waals surface area contributed by atoms with Crippen LogP contribution in [0.1, 0.15) is 25.3 Å². The van der Waals surface area contributed by atoms with Crippen LogP contribution in [0.5, 0.6) is 0 Å². The molecule has 4 heteroatoms. The highest BCUT2D eigenvalue weighted by molar-refractivity contribution is 9.10. The van der Waals surface area contributed by atoms with Gasteiger partial charge >= 0.3 is 0 Å². The zero-order valence-corrected chi connectivity index (χ0v) is 11.3. The number of anilines is 1. The SMILES string of the molecule is CC1CC(Nc2cc(Br)ccc2C#N)CCO1. The third-order valence-electron chi connectivity index (χ3n) is 2.95. The summed E-state index contributed by atoms with van der Waals surface area (Å²) in [5, 5.41) is 12.5. The zero-order chi connectivity index (χ0) is 12.3. The summed E-state index contributed by atoms with van der Waals surface area (Å²) in [5.74, 6) is 0. The van der Waals surface area contributed by atoms with E-state index in [2.05, 4.69) is 34.2 Å². The van der Waals surface area contributed by atoms with Crippen LogP contribution < -0.4 is 5.32 Å². The van der Waals surface area contributed by atoms with Gasteiger partial charge in [0.25, 0.3) is 0 Å². The number of hydrogen-bond acceptors (Lipinski definition) is 3. The molecule has 0 radical (unpaired) electrons. The predicted octanol–water partition coefficient (Wildman–Crippen LogP) is 3.30. The average Bonchev–Trinajstić information content (AvgIpc) is 2.29. The monoisotopic (exact) mass is 294 g/mol. The molecule has 1 aliphatic heterocycles. The summed E-state index contributed by atoms with van der Waals surface area (Å²) in [6.07, 6.45) is 2.26. The lowest BCUT2D eigenvalue weighted by atomic mass is 10.0. The lowest BCUT2D eigenvalue weighted by Crippen LogP contribution is -2.32. The van der Waals surface area contributed by atoms with E-state index in [4.69, 9.17) is 10.00 Å². The van der Waals surface area contributed by atoms with Crippen molar-refractivity contribution in [2.24, 2.45) is 0 Å². The molecule has 1 saturated heterocycles. The molecule has 1 aromatic carbocycles. The van der Waals surface area contributed by atoms with Crippen molar-refractivity contribution >= 4 is 21.6 Å². The summed E-state index contributed by atoms with van der Waals surface area (Å²) in [4.78, 5) is 0. The maximum absolute atomic E-state index is 9.06. The van der Waals surface area contributed by atoms with Crippen LogP contribution in [0.15, 0.2) is 22.7 Å². The van der Waals surface area contributed by atoms with Crippen molar-refractivity contribution in [1.29, 1.82) is 5.26 Å². The summed E-state index contributed by atoms with van der Waals surface area (Å²) in [5.41, 5.74) is 1.59. The van der Waals surface area contributed by atoms with Gasteiger partial charge in [-0.25, -0.2) is 0 Å². The molecule has 17 heavy (non-hydrogen) atoms. The Morgan fingerprint density at radius 1 is 1.53 bits per heavy atom. The molecule has 1 heterocycles. The lowest BCUT2D eigenvalue weighted by Gasteiger charge is -2.29. The van der Waals surface area contributed by atoms with Gasteiger partial charge in [0.1, 0.15) is 6.07 Å². The van der Waals surface area contributed by atoms with Crippen molar-refractivity contribution in [1.82, 2.24) is 0 Å². The topological polar surface area (TPSA) is 45.0 Å². The minimum Gasteiger partial charge on any atom is -0.381 e. The second kappa shape index (κ2) is 5.52. The Balaban J connectivity index is 2.12. The second-order valence-electron chi connectivity index (χ2n) is 4.35. The van der Waals surface area contributed by atoms with Gasteiger partial charge in [0.15, 0.2) is 0 Å². The number of hydrogen-bond donors (Lipinski definition) is 1. The van der Waals surface area contributed by atoms with E-state index in [9.17, 15) is 0 Å². The Kier molecular flexibility index (Phi) is 4.03. The fourth-order valence-electron chi connectivity index (χ4n) is 2.08. The number of halogens is 1.